The SMILES string of the molecule is N=N[C@H]1CC[C@@H](N2CCN(CC3CC3)CC2)CC1. The van der Waals surface area contributed by atoms with Gasteiger partial charge in [0.1, 0.15) is 0 Å². The maximum absolute atomic E-state index is 7.11. The third-order valence-corrected chi connectivity index (χ3v) is 4.99. The van der Waals surface area contributed by atoms with Crippen molar-refractivity contribution in [2.75, 3.05) is 32.7 Å². The Balaban J connectivity index is 1.40. The molecule has 1 heterocycles. The highest BCUT2D eigenvalue weighted by molar-refractivity contribution is 4.86. The van der Waals surface area contributed by atoms with Gasteiger partial charge < -0.3 is 4.90 Å². The van der Waals surface area contributed by atoms with E-state index in [4.69, 9.17) is 5.53 Å². The van der Waals surface area contributed by atoms with Crippen LogP contribution in [0.2, 0.25) is 0 Å². The fraction of sp³-hybridized carbons (Fsp3) is 1.00. The van der Waals surface area contributed by atoms with Gasteiger partial charge in [-0.1, -0.05) is 0 Å². The topological polar surface area (TPSA) is 42.7 Å². The molecule has 0 amide bonds. The van der Waals surface area contributed by atoms with E-state index in [1.807, 2.05) is 0 Å². The van der Waals surface area contributed by atoms with Gasteiger partial charge >= 0.3 is 0 Å². The molecule has 1 aliphatic heterocycles. The van der Waals surface area contributed by atoms with Gasteiger partial charge in [-0.25, -0.2) is 5.53 Å². The van der Waals surface area contributed by atoms with Crippen molar-refractivity contribution in [1.29, 1.82) is 5.53 Å². The van der Waals surface area contributed by atoms with Crippen molar-refractivity contribution in [2.24, 2.45) is 11.0 Å². The Morgan fingerprint density at radius 2 is 1.56 bits per heavy atom. The van der Waals surface area contributed by atoms with Crippen LogP contribution in [0.5, 0.6) is 0 Å². The predicted octanol–water partition coefficient (Wildman–Crippen LogP) is 2.36. The molecule has 0 spiro atoms. The van der Waals surface area contributed by atoms with E-state index in [0.29, 0.717) is 6.04 Å². The molecular formula is C14H26N4. The lowest BCUT2D eigenvalue weighted by Crippen LogP contribution is -2.51. The minimum atomic E-state index is 0.331. The van der Waals surface area contributed by atoms with Crippen LogP contribution >= 0.6 is 0 Å². The molecular weight excluding hydrogens is 224 g/mol. The van der Waals surface area contributed by atoms with Crippen molar-refractivity contribution in [3.63, 3.8) is 0 Å². The van der Waals surface area contributed by atoms with Crippen LogP contribution in [0, 0.1) is 11.4 Å². The number of nitrogens with zero attached hydrogens (tertiary/aromatic N) is 3. The number of piperazine rings is 1. The van der Waals surface area contributed by atoms with Gasteiger partial charge in [0.25, 0.3) is 0 Å². The van der Waals surface area contributed by atoms with Crippen LogP contribution < -0.4 is 0 Å². The molecule has 1 saturated heterocycles. The molecule has 3 fully saturated rings. The van der Waals surface area contributed by atoms with E-state index in [1.165, 1.54) is 58.4 Å². The summed E-state index contributed by atoms with van der Waals surface area (Å²) in [6.45, 7) is 6.44. The Morgan fingerprint density at radius 3 is 2.11 bits per heavy atom. The molecule has 4 heteroatoms. The van der Waals surface area contributed by atoms with Crippen LogP contribution in [0.3, 0.4) is 0 Å². The predicted molar refractivity (Wildman–Crippen MR) is 71.9 cm³/mol. The highest BCUT2D eigenvalue weighted by atomic mass is 15.3. The Bertz CT molecular complexity index is 274. The summed E-state index contributed by atoms with van der Waals surface area (Å²) < 4.78 is 0. The number of hydrogen-bond acceptors (Lipinski definition) is 4. The standard InChI is InChI=1S/C14H26N4/c15-16-13-3-5-14(6-4-13)18-9-7-17(8-10-18)11-12-1-2-12/h12-15H,1-11H2/t13-,14+. The second kappa shape index (κ2) is 5.66. The van der Waals surface area contributed by atoms with Crippen molar-refractivity contribution < 1.29 is 0 Å². The summed E-state index contributed by atoms with van der Waals surface area (Å²) >= 11 is 0. The molecule has 0 atom stereocenters. The lowest BCUT2D eigenvalue weighted by Gasteiger charge is -2.41. The van der Waals surface area contributed by atoms with Crippen molar-refractivity contribution in [2.45, 2.75) is 50.6 Å². The summed E-state index contributed by atoms with van der Waals surface area (Å²) in [6, 6.07) is 1.11. The Hall–Kier alpha value is -0.480. The third-order valence-electron chi connectivity index (χ3n) is 4.99. The second-order valence-corrected chi connectivity index (χ2v) is 6.37. The fourth-order valence-electron chi connectivity index (χ4n) is 3.53. The van der Waals surface area contributed by atoms with Crippen LogP contribution in [0.15, 0.2) is 5.11 Å². The van der Waals surface area contributed by atoms with E-state index in [2.05, 4.69) is 14.9 Å². The second-order valence-electron chi connectivity index (χ2n) is 6.37. The molecule has 2 aliphatic carbocycles. The molecule has 0 radical (unpaired) electrons. The number of hydrogen-bond donors (Lipinski definition) is 1. The normalized spacial score (nSPS) is 35.6. The lowest BCUT2D eigenvalue weighted by atomic mass is 9.90. The van der Waals surface area contributed by atoms with Crippen molar-refractivity contribution >= 4 is 0 Å². The summed E-state index contributed by atoms with van der Waals surface area (Å²) in [5.41, 5.74) is 7.11. The van der Waals surface area contributed by atoms with Crippen LogP contribution in [-0.4, -0.2) is 54.6 Å². The van der Waals surface area contributed by atoms with Crippen molar-refractivity contribution in [1.82, 2.24) is 9.80 Å². The van der Waals surface area contributed by atoms with E-state index in [1.54, 1.807) is 0 Å². The Kier molecular flexibility index (Phi) is 3.94. The average molecular weight is 250 g/mol. The molecule has 0 aromatic rings. The third kappa shape index (κ3) is 3.09. The van der Waals surface area contributed by atoms with Crippen molar-refractivity contribution in [3.05, 3.63) is 0 Å². The molecule has 0 bridgehead atoms. The average Bonchev–Trinajstić information content (AvgIpc) is 3.24. The van der Waals surface area contributed by atoms with Crippen LogP contribution in [0.1, 0.15) is 38.5 Å². The highest BCUT2D eigenvalue weighted by Gasteiger charge is 2.30. The summed E-state index contributed by atoms with van der Waals surface area (Å²) in [5.74, 6) is 1.03. The zero-order valence-corrected chi connectivity index (χ0v) is 11.4. The van der Waals surface area contributed by atoms with Gasteiger partial charge in [-0.15, -0.1) is 0 Å². The summed E-state index contributed by atoms with van der Waals surface area (Å²) in [6.07, 6.45) is 7.74. The smallest absolute Gasteiger partial charge is 0.0707 e. The molecule has 0 aromatic heterocycles. The number of nitrogens with one attached hydrogen (secondary N) is 1. The molecule has 3 aliphatic rings. The summed E-state index contributed by atoms with van der Waals surface area (Å²) in [7, 11) is 0. The van der Waals surface area contributed by atoms with E-state index in [0.717, 1.165) is 24.8 Å². The molecule has 1 N–H and O–H groups in total. The summed E-state index contributed by atoms with van der Waals surface area (Å²) in [5, 5.41) is 3.70. The lowest BCUT2D eigenvalue weighted by molar-refractivity contribution is 0.0739. The molecule has 0 unspecified atom stereocenters. The van der Waals surface area contributed by atoms with Gasteiger partial charge in [-0.2, -0.15) is 5.11 Å². The summed E-state index contributed by atoms with van der Waals surface area (Å²) in [4.78, 5) is 5.36. The minimum absolute atomic E-state index is 0.331. The highest BCUT2D eigenvalue weighted by Crippen LogP contribution is 2.30. The van der Waals surface area contributed by atoms with E-state index >= 15 is 0 Å². The van der Waals surface area contributed by atoms with Gasteiger partial charge in [0.15, 0.2) is 0 Å². The van der Waals surface area contributed by atoms with E-state index in [-0.39, 0.29) is 0 Å². The van der Waals surface area contributed by atoms with Crippen LogP contribution in [0.4, 0.5) is 0 Å². The molecule has 18 heavy (non-hydrogen) atoms. The minimum Gasteiger partial charge on any atom is -0.301 e. The number of rotatable bonds is 4. The first-order chi connectivity index (χ1) is 8.85. The first-order valence-corrected chi connectivity index (χ1v) is 7.68. The molecule has 4 nitrogen and oxygen atoms in total. The molecule has 3 rings (SSSR count). The van der Waals surface area contributed by atoms with Gasteiger partial charge in [0.05, 0.1) is 6.04 Å². The first kappa shape index (κ1) is 12.5. The molecule has 102 valence electrons. The Labute approximate surface area is 110 Å². The fourth-order valence-corrected chi connectivity index (χ4v) is 3.53. The van der Waals surface area contributed by atoms with Crippen molar-refractivity contribution in [3.8, 4) is 0 Å². The van der Waals surface area contributed by atoms with Crippen LogP contribution in [-0.2, 0) is 0 Å². The Morgan fingerprint density at radius 1 is 0.889 bits per heavy atom. The van der Waals surface area contributed by atoms with Gasteiger partial charge in [0.2, 0.25) is 0 Å². The van der Waals surface area contributed by atoms with Gasteiger partial charge in [-0.3, -0.25) is 4.90 Å². The molecule has 2 saturated carbocycles. The largest absolute Gasteiger partial charge is 0.301 e. The maximum atomic E-state index is 7.11. The zero-order chi connectivity index (χ0) is 12.4. The van der Waals surface area contributed by atoms with Crippen LogP contribution in [0.25, 0.3) is 0 Å². The van der Waals surface area contributed by atoms with E-state index in [9.17, 15) is 0 Å². The van der Waals surface area contributed by atoms with Gasteiger partial charge in [-0.05, 0) is 44.4 Å². The maximum Gasteiger partial charge on any atom is 0.0707 e. The first-order valence-electron chi connectivity index (χ1n) is 7.68. The quantitative estimate of drug-likeness (QED) is 0.778. The monoisotopic (exact) mass is 250 g/mol. The van der Waals surface area contributed by atoms with E-state index < -0.39 is 0 Å². The van der Waals surface area contributed by atoms with Gasteiger partial charge in [0, 0.05) is 38.8 Å². The molecule has 0 aromatic carbocycles. The zero-order valence-electron chi connectivity index (χ0n) is 11.4.